The minimum atomic E-state index is -3.54. The molecule has 0 fully saturated rings. The van der Waals surface area contributed by atoms with Gasteiger partial charge in [-0.15, -0.1) is 0 Å². The Morgan fingerprint density at radius 3 is 3.05 bits per heavy atom. The van der Waals surface area contributed by atoms with Gasteiger partial charge in [-0.1, -0.05) is 0 Å². The summed E-state index contributed by atoms with van der Waals surface area (Å²) in [5.74, 6) is 0. The van der Waals surface area contributed by atoms with Crippen molar-refractivity contribution < 1.29 is 8.42 Å². The van der Waals surface area contributed by atoms with Crippen LogP contribution >= 0.6 is 0 Å². The van der Waals surface area contributed by atoms with E-state index in [1.165, 1.54) is 12.5 Å². The number of nitrogens with one attached hydrogen (secondary N) is 1. The third-order valence-corrected chi connectivity index (χ3v) is 4.63. The van der Waals surface area contributed by atoms with Crippen LogP contribution in [0.15, 0.2) is 29.8 Å². The minimum Gasteiger partial charge on any atom is -0.339 e. The van der Waals surface area contributed by atoms with Crippen LogP contribution in [0.1, 0.15) is 12.1 Å². The van der Waals surface area contributed by atoms with Gasteiger partial charge in [-0.05, 0) is 12.5 Å². The molecule has 0 bridgehead atoms. The first-order valence-corrected chi connectivity index (χ1v) is 7.54. The van der Waals surface area contributed by atoms with E-state index < -0.39 is 10.0 Å². The zero-order valence-corrected chi connectivity index (χ0v) is 11.3. The molecule has 2 aromatic rings. The van der Waals surface area contributed by atoms with Crippen molar-refractivity contribution in [3.8, 4) is 0 Å². The smallest absolute Gasteiger partial charge is 0.259 e. The normalized spacial score (nSPS) is 19.3. The standard InChI is InChI=1S/C11H15N5O2S/c1-15-7-11(12-8-15)19(17,18)14-9-3-5-16-10(6-9)2-4-13-16/h2,4,7-9,14H,3,5-6H2,1H3/t9-/m0/s1. The van der Waals surface area contributed by atoms with E-state index in [0.29, 0.717) is 6.42 Å². The summed E-state index contributed by atoms with van der Waals surface area (Å²) < 4.78 is 30.5. The summed E-state index contributed by atoms with van der Waals surface area (Å²) in [7, 11) is -1.80. The number of aryl methyl sites for hydroxylation is 2. The second-order valence-corrected chi connectivity index (χ2v) is 6.39. The Labute approximate surface area is 111 Å². The molecule has 1 aliphatic rings. The summed E-state index contributed by atoms with van der Waals surface area (Å²) in [5, 5.41) is 4.24. The topological polar surface area (TPSA) is 81.8 Å². The van der Waals surface area contributed by atoms with E-state index in [1.807, 2.05) is 10.7 Å². The van der Waals surface area contributed by atoms with Crippen molar-refractivity contribution >= 4 is 10.0 Å². The minimum absolute atomic E-state index is 0.0640. The van der Waals surface area contributed by atoms with Gasteiger partial charge in [0.15, 0.2) is 5.03 Å². The molecule has 2 aromatic heterocycles. The van der Waals surface area contributed by atoms with Gasteiger partial charge in [-0.25, -0.2) is 18.1 Å². The predicted octanol–water partition coefficient (Wildman–Crippen LogP) is -0.0901. The van der Waals surface area contributed by atoms with E-state index in [0.717, 1.165) is 18.7 Å². The molecule has 0 amide bonds. The molecule has 3 heterocycles. The molecule has 102 valence electrons. The molecule has 0 saturated heterocycles. The number of imidazole rings is 1. The second-order valence-electron chi connectivity index (χ2n) is 4.73. The van der Waals surface area contributed by atoms with E-state index in [4.69, 9.17) is 0 Å². The lowest BCUT2D eigenvalue weighted by Gasteiger charge is -2.23. The molecule has 19 heavy (non-hydrogen) atoms. The highest BCUT2D eigenvalue weighted by atomic mass is 32.2. The number of rotatable bonds is 3. The van der Waals surface area contributed by atoms with Gasteiger partial charge in [0, 0.05) is 44.1 Å². The molecule has 0 unspecified atom stereocenters. The quantitative estimate of drug-likeness (QED) is 0.852. The summed E-state index contributed by atoms with van der Waals surface area (Å²) in [4.78, 5) is 3.88. The molecule has 1 aliphatic heterocycles. The first kappa shape index (κ1) is 12.4. The van der Waals surface area contributed by atoms with E-state index >= 15 is 0 Å². The van der Waals surface area contributed by atoms with Crippen molar-refractivity contribution in [3.05, 3.63) is 30.5 Å². The fourth-order valence-electron chi connectivity index (χ4n) is 2.28. The van der Waals surface area contributed by atoms with Gasteiger partial charge in [-0.2, -0.15) is 5.10 Å². The summed E-state index contributed by atoms with van der Waals surface area (Å²) in [5.41, 5.74) is 1.06. The predicted molar refractivity (Wildman–Crippen MR) is 67.9 cm³/mol. The van der Waals surface area contributed by atoms with E-state index in [9.17, 15) is 8.42 Å². The lowest BCUT2D eigenvalue weighted by Crippen LogP contribution is -2.40. The molecule has 7 nitrogen and oxygen atoms in total. The average Bonchev–Trinajstić information content (AvgIpc) is 2.96. The number of fused-ring (bicyclic) bond motifs is 1. The van der Waals surface area contributed by atoms with Crippen molar-refractivity contribution in [2.24, 2.45) is 7.05 Å². The molecule has 0 aromatic carbocycles. The fraction of sp³-hybridized carbons (Fsp3) is 0.455. The van der Waals surface area contributed by atoms with Gasteiger partial charge in [0.25, 0.3) is 10.0 Å². The molecule has 0 radical (unpaired) electrons. The van der Waals surface area contributed by atoms with Gasteiger partial charge in [0.05, 0.1) is 6.33 Å². The van der Waals surface area contributed by atoms with Crippen LogP contribution in [0, 0.1) is 0 Å². The van der Waals surface area contributed by atoms with Crippen LogP contribution in [-0.2, 0) is 30.0 Å². The molecule has 3 rings (SSSR count). The maximum absolute atomic E-state index is 12.2. The van der Waals surface area contributed by atoms with Crippen LogP contribution in [0.4, 0.5) is 0 Å². The highest BCUT2D eigenvalue weighted by Crippen LogP contribution is 2.16. The SMILES string of the molecule is Cn1cnc(S(=O)(=O)N[C@H]2CCn3nccc3C2)c1. The number of aromatic nitrogens is 4. The van der Waals surface area contributed by atoms with Crippen LogP contribution in [-0.4, -0.2) is 33.8 Å². The third kappa shape index (κ3) is 2.41. The van der Waals surface area contributed by atoms with Crippen molar-refractivity contribution in [3.63, 3.8) is 0 Å². The maximum atomic E-state index is 12.2. The van der Waals surface area contributed by atoms with E-state index in [-0.39, 0.29) is 11.1 Å². The maximum Gasteiger partial charge on any atom is 0.259 e. The number of nitrogens with zero attached hydrogens (tertiary/aromatic N) is 4. The van der Waals surface area contributed by atoms with Crippen LogP contribution in [0.25, 0.3) is 0 Å². The van der Waals surface area contributed by atoms with Gasteiger partial charge in [-0.3, -0.25) is 4.68 Å². The molecule has 1 N–H and O–H groups in total. The van der Waals surface area contributed by atoms with Crippen molar-refractivity contribution in [1.82, 2.24) is 24.1 Å². The van der Waals surface area contributed by atoms with Crippen LogP contribution in [0.5, 0.6) is 0 Å². The fourth-order valence-corrected chi connectivity index (χ4v) is 3.53. The van der Waals surface area contributed by atoms with Gasteiger partial charge < -0.3 is 4.57 Å². The van der Waals surface area contributed by atoms with E-state index in [2.05, 4.69) is 14.8 Å². The number of hydrogen-bond acceptors (Lipinski definition) is 4. The largest absolute Gasteiger partial charge is 0.339 e. The summed E-state index contributed by atoms with van der Waals surface area (Å²) in [6, 6.07) is 1.82. The average molecular weight is 281 g/mol. The van der Waals surface area contributed by atoms with Crippen molar-refractivity contribution in [2.45, 2.75) is 30.5 Å². The first-order chi connectivity index (χ1) is 9.04. The highest BCUT2D eigenvalue weighted by Gasteiger charge is 2.25. The Balaban J connectivity index is 1.76. The van der Waals surface area contributed by atoms with Crippen LogP contribution in [0.3, 0.4) is 0 Å². The summed E-state index contributed by atoms with van der Waals surface area (Å²) >= 11 is 0. The van der Waals surface area contributed by atoms with Gasteiger partial charge in [0.1, 0.15) is 0 Å². The van der Waals surface area contributed by atoms with E-state index in [1.54, 1.807) is 17.8 Å². The summed E-state index contributed by atoms with van der Waals surface area (Å²) in [6.07, 6.45) is 6.11. The molecule has 8 heteroatoms. The lowest BCUT2D eigenvalue weighted by molar-refractivity contribution is 0.414. The number of hydrogen-bond donors (Lipinski definition) is 1. The van der Waals surface area contributed by atoms with Crippen LogP contribution in [0.2, 0.25) is 0 Å². The molecule has 0 spiro atoms. The lowest BCUT2D eigenvalue weighted by atomic mass is 10.1. The Bertz CT molecular complexity index is 688. The Morgan fingerprint density at radius 2 is 2.32 bits per heavy atom. The second kappa shape index (κ2) is 4.46. The Kier molecular flexibility index (Phi) is 2.90. The molecule has 0 saturated carbocycles. The molecular weight excluding hydrogens is 266 g/mol. The Hall–Kier alpha value is -1.67. The zero-order valence-electron chi connectivity index (χ0n) is 10.5. The van der Waals surface area contributed by atoms with Gasteiger partial charge in [0.2, 0.25) is 0 Å². The van der Waals surface area contributed by atoms with Crippen LogP contribution < -0.4 is 4.72 Å². The van der Waals surface area contributed by atoms with Crippen molar-refractivity contribution in [1.29, 1.82) is 0 Å². The van der Waals surface area contributed by atoms with Crippen molar-refractivity contribution in [2.75, 3.05) is 0 Å². The van der Waals surface area contributed by atoms with Gasteiger partial charge >= 0.3 is 0 Å². The summed E-state index contributed by atoms with van der Waals surface area (Å²) in [6.45, 7) is 0.734. The zero-order chi connectivity index (χ0) is 13.5. The highest BCUT2D eigenvalue weighted by molar-refractivity contribution is 7.89. The number of sulfonamides is 1. The molecule has 0 aliphatic carbocycles. The molecular formula is C11H15N5O2S. The Morgan fingerprint density at radius 1 is 1.47 bits per heavy atom. The molecule has 1 atom stereocenters. The first-order valence-electron chi connectivity index (χ1n) is 6.05. The monoisotopic (exact) mass is 281 g/mol. The third-order valence-electron chi connectivity index (χ3n) is 3.23.